The van der Waals surface area contributed by atoms with Crippen LogP contribution in [0.5, 0.6) is 11.5 Å². The van der Waals surface area contributed by atoms with Crippen LogP contribution in [0.25, 0.3) is 22.4 Å². The van der Waals surface area contributed by atoms with E-state index in [1.807, 2.05) is 32.0 Å². The molecule has 3 rings (SSSR count). The van der Waals surface area contributed by atoms with Crippen molar-refractivity contribution >= 4 is 11.8 Å². The van der Waals surface area contributed by atoms with Crippen molar-refractivity contribution in [3.8, 4) is 40.0 Å². The van der Waals surface area contributed by atoms with Crippen molar-refractivity contribution in [2.45, 2.75) is 18.9 Å². The molecule has 0 fully saturated rings. The van der Waals surface area contributed by atoms with Gasteiger partial charge in [-0.05, 0) is 43.0 Å². The molecule has 0 radical (unpaired) electrons. The first kappa shape index (κ1) is 19.6. The molecule has 1 N–H and O–H groups in total. The minimum atomic E-state index is -0.448. The summed E-state index contributed by atoms with van der Waals surface area (Å²) in [5, 5.41) is 10.3. The van der Waals surface area contributed by atoms with E-state index in [9.17, 15) is 10.1 Å². The summed E-state index contributed by atoms with van der Waals surface area (Å²) in [6.07, 6.45) is 0. The lowest BCUT2D eigenvalue weighted by molar-refractivity contribution is 0.355. The molecule has 0 saturated carbocycles. The highest BCUT2D eigenvalue weighted by molar-refractivity contribution is 7.99. The Morgan fingerprint density at radius 1 is 1.14 bits per heavy atom. The molecule has 0 bridgehead atoms. The largest absolute Gasteiger partial charge is 0.493 e. The number of thioether (sulfide) groups is 1. The molecule has 0 aliphatic heterocycles. The Bertz CT molecular complexity index is 1110. The number of nitriles is 1. The predicted molar refractivity (Wildman–Crippen MR) is 109 cm³/mol. The average Bonchev–Trinajstić information content (AvgIpc) is 3.07. The van der Waals surface area contributed by atoms with E-state index >= 15 is 0 Å². The van der Waals surface area contributed by atoms with Gasteiger partial charge in [-0.25, -0.2) is 0 Å². The molecule has 0 spiro atoms. The number of aromatic amines is 1. The predicted octanol–water partition coefficient (Wildman–Crippen LogP) is 4.61. The first-order valence-electron chi connectivity index (χ1n) is 8.65. The van der Waals surface area contributed by atoms with Crippen molar-refractivity contribution in [3.63, 3.8) is 0 Å². The Kier molecular flexibility index (Phi) is 5.81. The number of furan rings is 1. The summed E-state index contributed by atoms with van der Waals surface area (Å²) >= 11 is 1.53. The van der Waals surface area contributed by atoms with Crippen molar-refractivity contribution in [2.75, 3.05) is 20.0 Å². The van der Waals surface area contributed by atoms with Gasteiger partial charge >= 0.3 is 0 Å². The van der Waals surface area contributed by atoms with Crippen molar-refractivity contribution in [1.82, 2.24) is 4.98 Å². The Morgan fingerprint density at radius 3 is 2.54 bits per heavy atom. The molecular formula is C21H20N2O4S. The molecule has 28 heavy (non-hydrogen) atoms. The molecule has 7 heteroatoms. The van der Waals surface area contributed by atoms with Crippen LogP contribution in [0.15, 0.2) is 44.6 Å². The lowest BCUT2D eigenvalue weighted by atomic mass is 10.0. The number of hydrogen-bond acceptors (Lipinski definition) is 6. The van der Waals surface area contributed by atoms with Crippen molar-refractivity contribution in [3.05, 3.63) is 52.0 Å². The molecule has 2 aromatic heterocycles. The maximum atomic E-state index is 12.6. The van der Waals surface area contributed by atoms with E-state index in [0.29, 0.717) is 27.8 Å². The van der Waals surface area contributed by atoms with Crippen LogP contribution in [0.4, 0.5) is 0 Å². The summed E-state index contributed by atoms with van der Waals surface area (Å²) in [6, 6.07) is 11.0. The highest BCUT2D eigenvalue weighted by atomic mass is 32.2. The van der Waals surface area contributed by atoms with Crippen molar-refractivity contribution in [1.29, 1.82) is 5.26 Å². The van der Waals surface area contributed by atoms with Gasteiger partial charge in [0.2, 0.25) is 0 Å². The second-order valence-electron chi connectivity index (χ2n) is 5.97. The third-order valence-electron chi connectivity index (χ3n) is 4.23. The van der Waals surface area contributed by atoms with Crippen LogP contribution in [-0.4, -0.2) is 25.0 Å². The van der Waals surface area contributed by atoms with Crippen LogP contribution in [0.1, 0.15) is 18.2 Å². The first-order chi connectivity index (χ1) is 13.5. The fourth-order valence-corrected chi connectivity index (χ4v) is 3.74. The van der Waals surface area contributed by atoms with Gasteiger partial charge in [-0.2, -0.15) is 5.26 Å². The van der Waals surface area contributed by atoms with E-state index in [4.69, 9.17) is 13.9 Å². The van der Waals surface area contributed by atoms with Gasteiger partial charge in [0.15, 0.2) is 16.6 Å². The monoisotopic (exact) mass is 396 g/mol. The molecule has 144 valence electrons. The molecule has 1 aromatic carbocycles. The van der Waals surface area contributed by atoms with Crippen LogP contribution in [0, 0.1) is 18.3 Å². The van der Waals surface area contributed by atoms with Gasteiger partial charge < -0.3 is 18.9 Å². The number of benzene rings is 1. The number of H-pyrrole nitrogens is 1. The van der Waals surface area contributed by atoms with E-state index in [2.05, 4.69) is 4.98 Å². The van der Waals surface area contributed by atoms with Gasteiger partial charge in [0.05, 0.1) is 14.2 Å². The van der Waals surface area contributed by atoms with E-state index in [-0.39, 0.29) is 5.56 Å². The lowest BCUT2D eigenvalue weighted by Gasteiger charge is -2.11. The fourth-order valence-electron chi connectivity index (χ4n) is 2.96. The quantitative estimate of drug-likeness (QED) is 0.612. The summed E-state index contributed by atoms with van der Waals surface area (Å²) in [6.45, 7) is 3.86. The fraction of sp³-hybridized carbons (Fsp3) is 0.238. The van der Waals surface area contributed by atoms with Crippen LogP contribution < -0.4 is 15.0 Å². The molecule has 6 nitrogen and oxygen atoms in total. The number of aromatic nitrogens is 1. The van der Waals surface area contributed by atoms with Crippen molar-refractivity contribution < 1.29 is 13.9 Å². The number of aryl methyl sites for hydroxylation is 1. The van der Waals surface area contributed by atoms with Crippen LogP contribution in [0.3, 0.4) is 0 Å². The third-order valence-corrected chi connectivity index (χ3v) is 5.08. The summed E-state index contributed by atoms with van der Waals surface area (Å²) in [5.41, 5.74) is 2.22. The minimum Gasteiger partial charge on any atom is -0.493 e. The lowest BCUT2D eigenvalue weighted by Crippen LogP contribution is -2.12. The first-order valence-corrected chi connectivity index (χ1v) is 9.64. The summed E-state index contributed by atoms with van der Waals surface area (Å²) < 4.78 is 16.4. The van der Waals surface area contributed by atoms with Crippen LogP contribution >= 0.6 is 11.8 Å². The zero-order valence-electron chi connectivity index (χ0n) is 16.1. The normalized spacial score (nSPS) is 10.5. The van der Waals surface area contributed by atoms with Gasteiger partial charge in [0.25, 0.3) is 5.56 Å². The Balaban J connectivity index is 2.23. The molecule has 0 atom stereocenters. The van der Waals surface area contributed by atoms with E-state index in [1.165, 1.54) is 11.8 Å². The van der Waals surface area contributed by atoms with Crippen LogP contribution in [-0.2, 0) is 0 Å². The van der Waals surface area contributed by atoms with E-state index in [0.717, 1.165) is 22.6 Å². The molecule has 0 aliphatic rings. The van der Waals surface area contributed by atoms with E-state index < -0.39 is 5.56 Å². The standard InChI is InChI=1S/C21H20N2O4S/c1-5-28-21-15(8-12(2)27-21)14-10-17(23-20(24)16(14)11-22)13-6-7-18(25-3)19(9-13)26-4/h6-10H,5H2,1-4H3,(H,23,24). The molecule has 0 aliphatic carbocycles. The second kappa shape index (κ2) is 8.28. The topological polar surface area (TPSA) is 88.2 Å². The number of hydrogen-bond donors (Lipinski definition) is 1. The Morgan fingerprint density at radius 2 is 1.89 bits per heavy atom. The van der Waals surface area contributed by atoms with E-state index in [1.54, 1.807) is 32.4 Å². The molecule has 3 aromatic rings. The SMILES string of the molecule is CCSc1oc(C)cc1-c1cc(-c2ccc(OC)c(OC)c2)[nH]c(=O)c1C#N. The highest BCUT2D eigenvalue weighted by Gasteiger charge is 2.19. The summed E-state index contributed by atoms with van der Waals surface area (Å²) in [7, 11) is 3.12. The zero-order chi connectivity index (χ0) is 20.3. The number of methoxy groups -OCH3 is 2. The van der Waals surface area contributed by atoms with Gasteiger partial charge in [-0.1, -0.05) is 18.7 Å². The van der Waals surface area contributed by atoms with Gasteiger partial charge in [-0.3, -0.25) is 4.79 Å². The number of nitrogens with one attached hydrogen (secondary N) is 1. The smallest absolute Gasteiger partial charge is 0.266 e. The summed E-state index contributed by atoms with van der Waals surface area (Å²) in [5.74, 6) is 2.68. The maximum Gasteiger partial charge on any atom is 0.266 e. The maximum absolute atomic E-state index is 12.6. The Labute approximate surface area is 167 Å². The minimum absolute atomic E-state index is 0.0583. The number of nitrogens with zero attached hydrogens (tertiary/aromatic N) is 1. The molecule has 2 heterocycles. The van der Waals surface area contributed by atoms with Gasteiger partial charge in [0, 0.05) is 22.4 Å². The molecule has 0 amide bonds. The number of ether oxygens (including phenoxy) is 2. The highest BCUT2D eigenvalue weighted by Crippen LogP contribution is 2.37. The molecular weight excluding hydrogens is 376 g/mol. The number of rotatable bonds is 6. The third kappa shape index (κ3) is 3.64. The number of pyridine rings is 1. The average molecular weight is 396 g/mol. The summed E-state index contributed by atoms with van der Waals surface area (Å²) in [4.78, 5) is 15.4. The second-order valence-corrected chi connectivity index (χ2v) is 7.21. The van der Waals surface area contributed by atoms with Gasteiger partial charge in [-0.15, -0.1) is 0 Å². The van der Waals surface area contributed by atoms with Crippen molar-refractivity contribution in [2.24, 2.45) is 0 Å². The Hall–Kier alpha value is -3.11. The zero-order valence-corrected chi connectivity index (χ0v) is 16.9. The molecule has 0 saturated heterocycles. The molecule has 0 unspecified atom stereocenters. The van der Waals surface area contributed by atoms with Gasteiger partial charge in [0.1, 0.15) is 17.4 Å². The van der Waals surface area contributed by atoms with Crippen LogP contribution in [0.2, 0.25) is 0 Å².